The number of carbonyl (C=O) groups is 2. The van der Waals surface area contributed by atoms with Crippen LogP contribution in [0.3, 0.4) is 0 Å². The van der Waals surface area contributed by atoms with Gasteiger partial charge in [0.1, 0.15) is 17.4 Å². The predicted molar refractivity (Wildman–Crippen MR) is 164 cm³/mol. The van der Waals surface area contributed by atoms with Gasteiger partial charge in [0.2, 0.25) is 0 Å². The van der Waals surface area contributed by atoms with Crippen molar-refractivity contribution in [1.82, 2.24) is 10.3 Å². The summed E-state index contributed by atoms with van der Waals surface area (Å²) in [7, 11) is 1.64. The van der Waals surface area contributed by atoms with Gasteiger partial charge in [0, 0.05) is 34.5 Å². The molecule has 1 aliphatic rings. The fourth-order valence-corrected chi connectivity index (χ4v) is 5.75. The van der Waals surface area contributed by atoms with Crippen LogP contribution in [0.5, 0.6) is 5.75 Å². The lowest BCUT2D eigenvalue weighted by Gasteiger charge is -2.31. The maximum Gasteiger partial charge on any atom is 0.336 e. The Morgan fingerprint density at radius 3 is 2.14 bits per heavy atom. The van der Waals surface area contributed by atoms with Crippen LogP contribution in [0.1, 0.15) is 52.0 Å². The second-order valence-electron chi connectivity index (χ2n) is 9.87. The fraction of sp³-hybridized carbons (Fsp3) is 0.364. The lowest BCUT2D eigenvalue weighted by Crippen LogP contribution is -2.33. The maximum atomic E-state index is 13.6. The van der Waals surface area contributed by atoms with E-state index in [1.54, 1.807) is 7.11 Å². The summed E-state index contributed by atoms with van der Waals surface area (Å²) >= 11 is 1.50. The third-order valence-electron chi connectivity index (χ3n) is 6.84. The highest BCUT2D eigenvalue weighted by Gasteiger charge is 2.39. The lowest BCUT2D eigenvalue weighted by molar-refractivity contribution is -0.141. The number of benzene rings is 2. The highest BCUT2D eigenvalue weighted by Crippen LogP contribution is 2.44. The Bertz CT molecular complexity index is 1460. The number of thiazole rings is 1. The number of methoxy groups -OCH3 is 1. The summed E-state index contributed by atoms with van der Waals surface area (Å²) in [4.78, 5) is 32.1. The van der Waals surface area contributed by atoms with Crippen LogP contribution < -0.4 is 10.1 Å². The third-order valence-corrected chi connectivity index (χ3v) is 7.71. The summed E-state index contributed by atoms with van der Waals surface area (Å²) in [6.45, 7) is 8.89. The number of nitrogens with one attached hydrogen (secondary N) is 1. The molecule has 4 rings (SSSR count). The van der Waals surface area contributed by atoms with E-state index >= 15 is 0 Å². The van der Waals surface area contributed by atoms with Crippen LogP contribution in [0.25, 0.3) is 21.8 Å². The molecule has 0 spiro atoms. The van der Waals surface area contributed by atoms with E-state index in [-0.39, 0.29) is 13.2 Å². The zero-order valence-corrected chi connectivity index (χ0v) is 25.6. The maximum absolute atomic E-state index is 13.6. The molecular formula is C33H38N2O6S. The first-order valence-electron chi connectivity index (χ1n) is 14.2. The number of hydrogen-bond donors (Lipinski definition) is 1. The van der Waals surface area contributed by atoms with E-state index in [1.165, 1.54) is 11.3 Å². The molecular weight excluding hydrogens is 552 g/mol. The van der Waals surface area contributed by atoms with E-state index in [2.05, 4.69) is 5.32 Å². The topological polar surface area (TPSA) is 96.0 Å². The standard InChI is InChI=1S/C33H38N2O6S/c1-6-16-39-18-19-41-33(37)29-22(4)34-21(3)28(32(36)40-17-7-2)30(29)25-10-8-9-11-26(25)31-35-27(20-42-31)23-12-14-24(38-5)15-13-23/h8-15,20,30,34H,6-7,16-19H2,1-5H3. The number of carbonyl (C=O) groups excluding carboxylic acids is 2. The van der Waals surface area contributed by atoms with E-state index in [4.69, 9.17) is 23.9 Å². The van der Waals surface area contributed by atoms with Crippen LogP contribution in [0.2, 0.25) is 0 Å². The van der Waals surface area contributed by atoms with Gasteiger partial charge in [-0.15, -0.1) is 11.3 Å². The van der Waals surface area contributed by atoms with Gasteiger partial charge in [-0.25, -0.2) is 14.6 Å². The van der Waals surface area contributed by atoms with E-state index in [1.807, 2.05) is 81.6 Å². The van der Waals surface area contributed by atoms with Gasteiger partial charge in [0.25, 0.3) is 0 Å². The molecule has 1 aromatic heterocycles. The van der Waals surface area contributed by atoms with E-state index < -0.39 is 17.9 Å². The molecule has 0 saturated heterocycles. The van der Waals surface area contributed by atoms with Gasteiger partial charge in [0.15, 0.2) is 0 Å². The van der Waals surface area contributed by atoms with Crippen LogP contribution >= 0.6 is 11.3 Å². The average Bonchev–Trinajstić information content (AvgIpc) is 3.49. The van der Waals surface area contributed by atoms with Crippen LogP contribution in [0.15, 0.2) is 76.5 Å². The highest BCUT2D eigenvalue weighted by atomic mass is 32.1. The van der Waals surface area contributed by atoms with Crippen molar-refractivity contribution in [2.45, 2.75) is 46.5 Å². The first kappa shape index (κ1) is 31.0. The molecule has 1 unspecified atom stereocenters. The predicted octanol–water partition coefficient (Wildman–Crippen LogP) is 6.64. The van der Waals surface area contributed by atoms with E-state index in [0.29, 0.717) is 42.2 Å². The Labute approximate surface area is 251 Å². The third kappa shape index (κ3) is 7.09. The average molecular weight is 591 g/mol. The van der Waals surface area contributed by atoms with Crippen molar-refractivity contribution in [2.75, 3.05) is 33.5 Å². The quantitative estimate of drug-likeness (QED) is 0.175. The van der Waals surface area contributed by atoms with E-state index in [0.717, 1.165) is 39.6 Å². The molecule has 0 bridgehead atoms. The molecule has 42 heavy (non-hydrogen) atoms. The number of rotatable bonds is 13. The molecule has 3 aromatic rings. The van der Waals surface area contributed by atoms with Crippen molar-refractivity contribution in [1.29, 1.82) is 0 Å². The van der Waals surface area contributed by atoms with Crippen molar-refractivity contribution in [3.8, 4) is 27.6 Å². The molecule has 222 valence electrons. The minimum Gasteiger partial charge on any atom is -0.497 e. The second-order valence-corrected chi connectivity index (χ2v) is 10.7. The molecule has 1 atom stereocenters. The molecule has 8 nitrogen and oxygen atoms in total. The zero-order valence-electron chi connectivity index (χ0n) is 24.8. The Morgan fingerprint density at radius 2 is 1.50 bits per heavy atom. The Kier molecular flexibility index (Phi) is 10.9. The minimum absolute atomic E-state index is 0.111. The van der Waals surface area contributed by atoms with Crippen molar-refractivity contribution in [2.24, 2.45) is 0 Å². The first-order valence-corrected chi connectivity index (χ1v) is 15.1. The van der Waals surface area contributed by atoms with Crippen molar-refractivity contribution in [3.05, 3.63) is 82.0 Å². The smallest absolute Gasteiger partial charge is 0.336 e. The molecule has 0 saturated carbocycles. The van der Waals surface area contributed by atoms with Crippen LogP contribution in [-0.2, 0) is 23.8 Å². The largest absolute Gasteiger partial charge is 0.497 e. The van der Waals surface area contributed by atoms with Gasteiger partial charge >= 0.3 is 11.9 Å². The monoisotopic (exact) mass is 590 g/mol. The SMILES string of the molecule is CCCOCCOC(=O)C1=C(C)NC(C)=C(C(=O)OCCC)C1c1ccccc1-c1nc(-c2ccc(OC)cc2)cs1. The number of esters is 2. The summed E-state index contributed by atoms with van der Waals surface area (Å²) in [6.07, 6.45) is 1.56. The summed E-state index contributed by atoms with van der Waals surface area (Å²) < 4.78 is 22.1. The number of nitrogens with zero attached hydrogens (tertiary/aromatic N) is 1. The Balaban J connectivity index is 1.77. The number of dihydropyridines is 1. The summed E-state index contributed by atoms with van der Waals surface area (Å²) in [6, 6.07) is 15.5. The molecule has 2 aromatic carbocycles. The summed E-state index contributed by atoms with van der Waals surface area (Å²) in [5, 5.41) is 6.00. The number of hydrogen-bond acceptors (Lipinski definition) is 9. The van der Waals surface area contributed by atoms with Gasteiger partial charge in [0.05, 0.1) is 43.1 Å². The van der Waals surface area contributed by atoms with Crippen LogP contribution in [-0.4, -0.2) is 50.5 Å². The molecule has 0 radical (unpaired) electrons. The molecule has 9 heteroatoms. The number of ether oxygens (including phenoxy) is 4. The Hall–Kier alpha value is -3.95. The molecule has 2 heterocycles. The lowest BCUT2D eigenvalue weighted by atomic mass is 9.78. The number of allylic oxidation sites excluding steroid dienone is 2. The molecule has 0 aliphatic carbocycles. The van der Waals surface area contributed by atoms with Crippen molar-refractivity contribution < 1.29 is 28.5 Å². The Morgan fingerprint density at radius 1 is 0.857 bits per heavy atom. The molecule has 0 fully saturated rings. The van der Waals surface area contributed by atoms with Crippen molar-refractivity contribution in [3.63, 3.8) is 0 Å². The molecule has 0 amide bonds. The van der Waals surface area contributed by atoms with Crippen molar-refractivity contribution >= 4 is 23.3 Å². The summed E-state index contributed by atoms with van der Waals surface area (Å²) in [5.41, 5.74) is 5.37. The van der Waals surface area contributed by atoms with Gasteiger partial charge in [-0.1, -0.05) is 38.1 Å². The van der Waals surface area contributed by atoms with Gasteiger partial charge < -0.3 is 24.3 Å². The van der Waals surface area contributed by atoms with Gasteiger partial charge in [-0.05, 0) is 56.5 Å². The van der Waals surface area contributed by atoms with E-state index in [9.17, 15) is 9.59 Å². The van der Waals surface area contributed by atoms with Crippen LogP contribution in [0.4, 0.5) is 0 Å². The first-order chi connectivity index (χ1) is 20.4. The minimum atomic E-state index is -0.718. The molecule has 1 aliphatic heterocycles. The summed E-state index contributed by atoms with van der Waals surface area (Å²) in [5.74, 6) is -0.923. The normalized spacial score (nSPS) is 14.9. The van der Waals surface area contributed by atoms with Gasteiger partial charge in [-0.3, -0.25) is 0 Å². The zero-order chi connectivity index (χ0) is 30.1. The second kappa shape index (κ2) is 14.8. The number of aromatic nitrogens is 1. The van der Waals surface area contributed by atoms with Gasteiger partial charge in [-0.2, -0.15) is 0 Å². The fourth-order valence-electron chi connectivity index (χ4n) is 4.87. The highest BCUT2D eigenvalue weighted by molar-refractivity contribution is 7.13. The van der Waals surface area contributed by atoms with Crippen LogP contribution in [0, 0.1) is 0 Å². The molecule has 1 N–H and O–H groups in total.